The van der Waals surface area contributed by atoms with Crippen LogP contribution in [0.15, 0.2) is 29.8 Å². The first-order valence-corrected chi connectivity index (χ1v) is 18.4. The van der Waals surface area contributed by atoms with Gasteiger partial charge in [-0.15, -0.1) is 0 Å². The van der Waals surface area contributed by atoms with Crippen LogP contribution in [-0.2, 0) is 47.3 Å². The smallest absolute Gasteiger partial charge is 0.303 e. The standard InChI is InChI=1S/C32H40O13Si/c1-15-12-21-26(23(13-15)45-46(6,7)8)27(37)20-10-9-11-22(25(20)28(21)38)43-32-31(42-19(5)36)30(41-18(4)35)29(40-17(3)34)24(44-32)14-39-16(2)33/h9-11,13,21,23-24,26,29-32H,12,14H2,1-8H3/t21-,23+,24-,26-,29-,30+,31-,32-/m1/s1. The normalized spacial score (nSPS) is 29.0. The average Bonchev–Trinajstić information content (AvgIpc) is 2.92. The summed E-state index contributed by atoms with van der Waals surface area (Å²) in [4.78, 5) is 76.4. The van der Waals surface area contributed by atoms with Crippen LogP contribution >= 0.6 is 0 Å². The molecule has 13 nitrogen and oxygen atoms in total. The number of hydrogen-bond acceptors (Lipinski definition) is 13. The molecule has 1 aromatic rings. The van der Waals surface area contributed by atoms with Crippen LogP contribution in [0.5, 0.6) is 5.75 Å². The van der Waals surface area contributed by atoms with Crippen LogP contribution in [0.1, 0.15) is 61.8 Å². The van der Waals surface area contributed by atoms with Gasteiger partial charge < -0.3 is 32.8 Å². The van der Waals surface area contributed by atoms with Crippen molar-refractivity contribution in [2.24, 2.45) is 11.8 Å². The van der Waals surface area contributed by atoms with E-state index in [1.807, 2.05) is 32.6 Å². The number of ether oxygens (including phenoxy) is 6. The molecule has 3 aliphatic rings. The number of Topliss-reactive ketones (excluding diaryl/α,β-unsaturated/α-hetero) is 2. The second kappa shape index (κ2) is 13.9. The zero-order valence-corrected chi connectivity index (χ0v) is 28.1. The van der Waals surface area contributed by atoms with Gasteiger partial charge in [0.25, 0.3) is 0 Å². The van der Waals surface area contributed by atoms with Crippen molar-refractivity contribution in [3.05, 3.63) is 41.0 Å². The first-order valence-electron chi connectivity index (χ1n) is 15.0. The molecule has 8 atom stereocenters. The third kappa shape index (κ3) is 7.91. The Hall–Kier alpha value is -3.88. The van der Waals surface area contributed by atoms with Crippen molar-refractivity contribution in [1.29, 1.82) is 0 Å². The van der Waals surface area contributed by atoms with Crippen LogP contribution in [-0.4, -0.2) is 87.2 Å². The van der Waals surface area contributed by atoms with Crippen molar-refractivity contribution in [3.8, 4) is 5.75 Å². The van der Waals surface area contributed by atoms with Gasteiger partial charge in [0.05, 0.1) is 17.6 Å². The Morgan fingerprint density at radius 3 is 2.04 bits per heavy atom. The Morgan fingerprint density at radius 2 is 1.46 bits per heavy atom. The minimum Gasteiger partial charge on any atom is -0.463 e. The molecule has 1 heterocycles. The molecule has 0 spiro atoms. The lowest BCUT2D eigenvalue weighted by Gasteiger charge is -2.44. The molecule has 0 unspecified atom stereocenters. The molecule has 4 rings (SSSR count). The zero-order valence-electron chi connectivity index (χ0n) is 27.1. The number of fused-ring (bicyclic) bond motifs is 2. The topological polar surface area (TPSA) is 167 Å². The van der Waals surface area contributed by atoms with E-state index in [0.717, 1.165) is 33.3 Å². The summed E-state index contributed by atoms with van der Waals surface area (Å²) in [6.07, 6.45) is -5.44. The molecule has 1 saturated heterocycles. The van der Waals surface area contributed by atoms with E-state index in [9.17, 15) is 28.8 Å². The van der Waals surface area contributed by atoms with Crippen LogP contribution in [0, 0.1) is 11.8 Å². The van der Waals surface area contributed by atoms with E-state index in [1.165, 1.54) is 6.07 Å². The number of allylic oxidation sites excluding steroid dienone is 1. The minimum absolute atomic E-state index is 0.0306. The zero-order chi connectivity index (χ0) is 34.1. The number of esters is 4. The van der Waals surface area contributed by atoms with E-state index in [4.69, 9.17) is 32.8 Å². The Labute approximate surface area is 267 Å². The molecule has 46 heavy (non-hydrogen) atoms. The molecule has 0 N–H and O–H groups in total. The fraction of sp³-hybridized carbons (Fsp3) is 0.562. The molecule has 2 aliphatic carbocycles. The van der Waals surface area contributed by atoms with Crippen molar-refractivity contribution in [1.82, 2.24) is 0 Å². The third-order valence-electron chi connectivity index (χ3n) is 7.64. The summed E-state index contributed by atoms with van der Waals surface area (Å²) in [5.41, 5.74) is 1.10. The number of ketones is 2. The van der Waals surface area contributed by atoms with E-state index in [1.54, 1.807) is 12.1 Å². The largest absolute Gasteiger partial charge is 0.463 e. The lowest BCUT2D eigenvalue weighted by Crippen LogP contribution is -2.63. The van der Waals surface area contributed by atoms with E-state index < -0.39 is 87.4 Å². The first kappa shape index (κ1) is 35.0. The maximum Gasteiger partial charge on any atom is 0.303 e. The van der Waals surface area contributed by atoms with E-state index in [2.05, 4.69) is 0 Å². The highest BCUT2D eigenvalue weighted by Gasteiger charge is 2.54. The molecule has 0 radical (unpaired) electrons. The molecule has 0 bridgehead atoms. The second-order valence-electron chi connectivity index (χ2n) is 12.6. The van der Waals surface area contributed by atoms with Crippen molar-refractivity contribution in [2.45, 2.75) is 97.5 Å². The SMILES string of the molecule is CC(=O)OC[C@H]1O[C@@H](Oc2cccc3c2C(=O)[C@@H]2CC(C)=C[C@H](O[Si](C)(C)C)[C@@H]2C3=O)[C@H](OC(C)=O)[C@@H](OC(C)=O)[C@@H]1OC(C)=O. The van der Waals surface area contributed by atoms with Crippen molar-refractivity contribution >= 4 is 43.8 Å². The molecule has 1 aromatic carbocycles. The maximum absolute atomic E-state index is 14.2. The summed E-state index contributed by atoms with van der Waals surface area (Å²) in [5.74, 6) is -5.09. The number of rotatable bonds is 9. The van der Waals surface area contributed by atoms with Crippen LogP contribution in [0.2, 0.25) is 19.6 Å². The lowest BCUT2D eigenvalue weighted by molar-refractivity contribution is -0.288. The van der Waals surface area contributed by atoms with Crippen molar-refractivity contribution < 1.29 is 61.6 Å². The summed E-state index contributed by atoms with van der Waals surface area (Å²) >= 11 is 0. The Bertz CT molecular complexity index is 1440. The Balaban J connectivity index is 1.77. The predicted octanol–water partition coefficient (Wildman–Crippen LogP) is 3.33. The number of hydrogen-bond donors (Lipinski definition) is 0. The number of carbonyl (C=O) groups excluding carboxylic acids is 6. The summed E-state index contributed by atoms with van der Waals surface area (Å²) in [7, 11) is -2.10. The van der Waals surface area contributed by atoms with Gasteiger partial charge in [-0.25, -0.2) is 0 Å². The van der Waals surface area contributed by atoms with Gasteiger partial charge in [-0.3, -0.25) is 28.8 Å². The summed E-state index contributed by atoms with van der Waals surface area (Å²) in [6.45, 7) is 12.0. The van der Waals surface area contributed by atoms with Gasteiger partial charge >= 0.3 is 23.9 Å². The monoisotopic (exact) mass is 660 g/mol. The first-order chi connectivity index (χ1) is 21.5. The summed E-state index contributed by atoms with van der Waals surface area (Å²) in [5, 5.41) is 0. The quantitative estimate of drug-likeness (QED) is 0.164. The second-order valence-corrected chi connectivity index (χ2v) is 17.1. The van der Waals surface area contributed by atoms with E-state index in [-0.39, 0.29) is 28.4 Å². The van der Waals surface area contributed by atoms with E-state index in [0.29, 0.717) is 6.42 Å². The van der Waals surface area contributed by atoms with Gasteiger partial charge in [-0.05, 0) is 39.1 Å². The molecule has 1 fully saturated rings. The maximum atomic E-state index is 14.2. The van der Waals surface area contributed by atoms with Crippen molar-refractivity contribution in [3.63, 3.8) is 0 Å². The number of benzene rings is 1. The molecule has 1 aliphatic heterocycles. The van der Waals surface area contributed by atoms with Gasteiger partial charge in [-0.1, -0.05) is 23.8 Å². The molecule has 14 heteroatoms. The fourth-order valence-electron chi connectivity index (χ4n) is 6.12. The van der Waals surface area contributed by atoms with Crippen LogP contribution < -0.4 is 4.74 Å². The molecule has 0 saturated carbocycles. The predicted molar refractivity (Wildman–Crippen MR) is 161 cm³/mol. The van der Waals surface area contributed by atoms with Crippen LogP contribution in [0.25, 0.3) is 0 Å². The molecule has 250 valence electrons. The van der Waals surface area contributed by atoms with Gasteiger partial charge in [0.1, 0.15) is 18.5 Å². The highest BCUT2D eigenvalue weighted by atomic mass is 28.4. The van der Waals surface area contributed by atoms with Crippen molar-refractivity contribution in [2.75, 3.05) is 6.61 Å². The highest BCUT2D eigenvalue weighted by molar-refractivity contribution is 6.69. The van der Waals surface area contributed by atoms with Crippen LogP contribution in [0.3, 0.4) is 0 Å². The fourth-order valence-corrected chi connectivity index (χ4v) is 7.15. The minimum atomic E-state index is -2.10. The van der Waals surface area contributed by atoms with E-state index >= 15 is 0 Å². The third-order valence-corrected chi connectivity index (χ3v) is 8.62. The molecular weight excluding hydrogens is 620 g/mol. The Morgan fingerprint density at radius 1 is 0.848 bits per heavy atom. The van der Waals surface area contributed by atoms with Gasteiger partial charge in [0, 0.05) is 39.2 Å². The summed E-state index contributed by atoms with van der Waals surface area (Å²) < 4.78 is 40.1. The highest BCUT2D eigenvalue weighted by Crippen LogP contribution is 2.44. The lowest BCUT2D eigenvalue weighted by atomic mass is 9.66. The van der Waals surface area contributed by atoms with Crippen LogP contribution in [0.4, 0.5) is 0 Å². The molecular formula is C32H40O13Si. The summed E-state index contributed by atoms with van der Waals surface area (Å²) in [6, 6.07) is 4.56. The average molecular weight is 661 g/mol. The Kier molecular flexibility index (Phi) is 10.5. The molecule has 0 aromatic heterocycles. The van der Waals surface area contributed by atoms with Gasteiger partial charge in [-0.2, -0.15) is 0 Å². The van der Waals surface area contributed by atoms with Gasteiger partial charge in [0.2, 0.25) is 12.4 Å². The molecule has 0 amide bonds. The van der Waals surface area contributed by atoms with Gasteiger partial charge in [0.15, 0.2) is 32.1 Å². The number of carbonyl (C=O) groups is 6.